The number of ether oxygens (including phenoxy) is 2. The highest BCUT2D eigenvalue weighted by molar-refractivity contribution is 5.83. The molecule has 102 valence electrons. The molecule has 3 nitrogen and oxygen atoms in total. The summed E-state index contributed by atoms with van der Waals surface area (Å²) in [5, 5.41) is 0. The third-order valence-electron chi connectivity index (χ3n) is 2.58. The summed E-state index contributed by atoms with van der Waals surface area (Å²) in [6.45, 7) is 2.24. The van der Waals surface area contributed by atoms with Crippen molar-refractivity contribution in [2.75, 3.05) is 0 Å². The van der Waals surface area contributed by atoms with Crippen molar-refractivity contribution in [1.29, 1.82) is 0 Å². The average Bonchev–Trinajstić information content (AvgIpc) is 2.47. The second-order valence-corrected chi connectivity index (χ2v) is 4.17. The second kappa shape index (κ2) is 7.14. The first-order chi connectivity index (χ1) is 9.78. The van der Waals surface area contributed by atoms with Gasteiger partial charge in [-0.3, -0.25) is 0 Å². The van der Waals surface area contributed by atoms with Crippen LogP contribution in [0.15, 0.2) is 66.7 Å². The van der Waals surface area contributed by atoms with Crippen molar-refractivity contribution in [2.24, 2.45) is 0 Å². The normalized spacial score (nSPS) is 10.4. The van der Waals surface area contributed by atoms with Crippen LogP contribution in [0.1, 0.15) is 12.5 Å². The van der Waals surface area contributed by atoms with Gasteiger partial charge in [0.2, 0.25) is 0 Å². The molecule has 0 aliphatic carbocycles. The summed E-state index contributed by atoms with van der Waals surface area (Å²) in [5.41, 5.74) is 1.09. The van der Waals surface area contributed by atoms with Gasteiger partial charge in [0.05, 0.1) is 0 Å². The van der Waals surface area contributed by atoms with E-state index in [4.69, 9.17) is 9.47 Å². The molecular weight excluding hydrogens is 252 g/mol. The number of hydrogen-bond donors (Lipinski definition) is 0. The van der Waals surface area contributed by atoms with E-state index in [-0.39, 0.29) is 0 Å². The summed E-state index contributed by atoms with van der Waals surface area (Å²) < 4.78 is 10.8. The van der Waals surface area contributed by atoms with Crippen LogP contribution in [-0.2, 0) is 11.4 Å². The van der Waals surface area contributed by atoms with E-state index in [1.807, 2.05) is 36.4 Å². The third kappa shape index (κ3) is 4.28. The predicted octanol–water partition coefficient (Wildman–Crippen LogP) is 3.75. The summed E-state index contributed by atoms with van der Waals surface area (Å²) in [6.07, 6.45) is 3.01. The van der Waals surface area contributed by atoms with Gasteiger partial charge in [0.1, 0.15) is 18.1 Å². The minimum atomic E-state index is -0.396. The van der Waals surface area contributed by atoms with E-state index in [0.29, 0.717) is 18.1 Å². The Morgan fingerprint density at radius 2 is 1.80 bits per heavy atom. The summed E-state index contributed by atoms with van der Waals surface area (Å²) in [4.78, 5) is 11.4. The number of hydrogen-bond acceptors (Lipinski definition) is 3. The van der Waals surface area contributed by atoms with Gasteiger partial charge in [-0.05, 0) is 24.6 Å². The van der Waals surface area contributed by atoms with Gasteiger partial charge in [-0.1, -0.05) is 42.5 Å². The smallest absolute Gasteiger partial charge is 0.335 e. The van der Waals surface area contributed by atoms with Crippen molar-refractivity contribution in [1.82, 2.24) is 0 Å². The zero-order chi connectivity index (χ0) is 14.2. The number of esters is 1. The number of rotatable bonds is 5. The molecular formula is C17H16O3. The zero-order valence-electron chi connectivity index (χ0n) is 11.3. The van der Waals surface area contributed by atoms with Gasteiger partial charge in [-0.15, -0.1) is 0 Å². The number of allylic oxidation sites excluding steroid dienone is 1. The van der Waals surface area contributed by atoms with Gasteiger partial charge in [0.25, 0.3) is 0 Å². The molecule has 0 heterocycles. The summed E-state index contributed by atoms with van der Waals surface area (Å²) in [5.74, 6) is 0.742. The lowest BCUT2D eigenvalue weighted by Crippen LogP contribution is -2.03. The van der Waals surface area contributed by atoms with Gasteiger partial charge in [0.15, 0.2) is 0 Å². The minimum absolute atomic E-state index is 0.396. The Morgan fingerprint density at radius 3 is 2.55 bits per heavy atom. The number of benzene rings is 2. The molecule has 0 unspecified atom stereocenters. The summed E-state index contributed by atoms with van der Waals surface area (Å²) >= 11 is 0. The second-order valence-electron chi connectivity index (χ2n) is 4.17. The molecule has 0 bridgehead atoms. The first kappa shape index (κ1) is 13.9. The molecule has 0 fully saturated rings. The van der Waals surface area contributed by atoms with E-state index < -0.39 is 5.97 Å². The van der Waals surface area contributed by atoms with Gasteiger partial charge in [-0.25, -0.2) is 4.79 Å². The Labute approximate surface area is 118 Å². The lowest BCUT2D eigenvalue weighted by molar-refractivity contribution is -0.129. The molecule has 0 radical (unpaired) electrons. The van der Waals surface area contributed by atoms with Gasteiger partial charge in [-0.2, -0.15) is 0 Å². The quantitative estimate of drug-likeness (QED) is 0.470. The molecule has 0 saturated heterocycles. The van der Waals surface area contributed by atoms with E-state index in [2.05, 4.69) is 0 Å². The molecule has 0 N–H and O–H groups in total. The number of carbonyl (C=O) groups excluding carboxylic acids is 1. The maximum atomic E-state index is 11.4. The van der Waals surface area contributed by atoms with Gasteiger partial charge < -0.3 is 9.47 Å². The fourth-order valence-corrected chi connectivity index (χ4v) is 1.65. The van der Waals surface area contributed by atoms with E-state index >= 15 is 0 Å². The van der Waals surface area contributed by atoms with Crippen LogP contribution in [0.4, 0.5) is 0 Å². The van der Waals surface area contributed by atoms with Crippen molar-refractivity contribution in [3.05, 3.63) is 72.3 Å². The van der Waals surface area contributed by atoms with E-state index in [1.54, 1.807) is 31.2 Å². The monoisotopic (exact) mass is 268 g/mol. The lowest BCUT2D eigenvalue weighted by atomic mass is 10.2. The molecule has 2 rings (SSSR count). The Morgan fingerprint density at radius 1 is 1.05 bits per heavy atom. The summed E-state index contributed by atoms with van der Waals surface area (Å²) in [7, 11) is 0. The van der Waals surface area contributed by atoms with Crippen molar-refractivity contribution in [2.45, 2.75) is 13.5 Å². The highest BCUT2D eigenvalue weighted by atomic mass is 16.5. The molecule has 2 aromatic carbocycles. The van der Waals surface area contributed by atoms with E-state index in [1.165, 1.54) is 6.08 Å². The Kier molecular flexibility index (Phi) is 4.95. The Balaban J connectivity index is 1.97. The first-order valence-electron chi connectivity index (χ1n) is 6.39. The van der Waals surface area contributed by atoms with Crippen LogP contribution < -0.4 is 9.47 Å². The van der Waals surface area contributed by atoms with Crippen LogP contribution >= 0.6 is 0 Å². The maximum Gasteiger partial charge on any atom is 0.335 e. The molecule has 0 saturated carbocycles. The standard InChI is InChI=1S/C17H16O3/c1-2-7-17(18)20-16-11-6-10-15(12-16)19-13-14-8-4-3-5-9-14/h2-12H,13H2,1H3/b7-2+. The predicted molar refractivity (Wildman–Crippen MR) is 77.7 cm³/mol. The van der Waals surface area contributed by atoms with Crippen molar-refractivity contribution in [3.63, 3.8) is 0 Å². The fourth-order valence-electron chi connectivity index (χ4n) is 1.65. The maximum absolute atomic E-state index is 11.4. The fraction of sp³-hybridized carbons (Fsp3) is 0.118. The van der Waals surface area contributed by atoms with Crippen LogP contribution in [-0.4, -0.2) is 5.97 Å². The molecule has 0 aromatic heterocycles. The molecule has 0 atom stereocenters. The molecule has 3 heteroatoms. The molecule has 0 aliphatic rings. The minimum Gasteiger partial charge on any atom is -0.489 e. The molecule has 0 amide bonds. The van der Waals surface area contributed by atoms with Crippen molar-refractivity contribution >= 4 is 5.97 Å². The van der Waals surface area contributed by atoms with Crippen LogP contribution in [0.3, 0.4) is 0 Å². The van der Waals surface area contributed by atoms with Crippen molar-refractivity contribution in [3.8, 4) is 11.5 Å². The van der Waals surface area contributed by atoms with E-state index in [9.17, 15) is 4.79 Å². The highest BCUT2D eigenvalue weighted by Crippen LogP contribution is 2.20. The van der Waals surface area contributed by atoms with Gasteiger partial charge >= 0.3 is 5.97 Å². The molecule has 20 heavy (non-hydrogen) atoms. The van der Waals surface area contributed by atoms with E-state index in [0.717, 1.165) is 5.56 Å². The number of carbonyl (C=O) groups is 1. The first-order valence-corrected chi connectivity index (χ1v) is 6.39. The highest BCUT2D eigenvalue weighted by Gasteiger charge is 2.02. The topological polar surface area (TPSA) is 35.5 Å². The SMILES string of the molecule is C/C=C/C(=O)Oc1cccc(OCc2ccccc2)c1. The van der Waals surface area contributed by atoms with Crippen molar-refractivity contribution < 1.29 is 14.3 Å². The Hall–Kier alpha value is -2.55. The molecule has 0 aliphatic heterocycles. The molecule has 2 aromatic rings. The van der Waals surface area contributed by atoms with Crippen LogP contribution in [0.2, 0.25) is 0 Å². The zero-order valence-corrected chi connectivity index (χ0v) is 11.3. The van der Waals surface area contributed by atoms with Crippen LogP contribution in [0.5, 0.6) is 11.5 Å². The van der Waals surface area contributed by atoms with Gasteiger partial charge in [0, 0.05) is 12.1 Å². The van der Waals surface area contributed by atoms with Crippen LogP contribution in [0, 0.1) is 0 Å². The Bertz CT molecular complexity index is 588. The summed E-state index contributed by atoms with van der Waals surface area (Å²) in [6, 6.07) is 16.9. The average molecular weight is 268 g/mol. The van der Waals surface area contributed by atoms with Crippen LogP contribution in [0.25, 0.3) is 0 Å². The largest absolute Gasteiger partial charge is 0.489 e. The molecule has 0 spiro atoms. The third-order valence-corrected chi connectivity index (χ3v) is 2.58. The lowest BCUT2D eigenvalue weighted by Gasteiger charge is -2.08.